The summed E-state index contributed by atoms with van der Waals surface area (Å²) < 4.78 is 5.80. The standard InChI is InChI=1S/C16H17N3O2/c20-15-9-21-16(10-17-15)7-8-19(11-16)14-6-5-12-3-1-2-4-13(12)18-14/h1-6H,7-11H2,(H,17,20). The molecule has 0 saturated carbocycles. The van der Waals surface area contributed by atoms with Crippen molar-refractivity contribution in [3.63, 3.8) is 0 Å². The third-order valence-corrected chi connectivity index (χ3v) is 4.34. The number of hydrogen-bond acceptors (Lipinski definition) is 4. The molecule has 21 heavy (non-hydrogen) atoms. The van der Waals surface area contributed by atoms with E-state index < -0.39 is 0 Å². The molecule has 0 bridgehead atoms. The van der Waals surface area contributed by atoms with Crippen LogP contribution in [0.25, 0.3) is 10.9 Å². The first-order valence-electron chi connectivity index (χ1n) is 7.26. The van der Waals surface area contributed by atoms with Crippen LogP contribution >= 0.6 is 0 Å². The number of aromatic nitrogens is 1. The molecule has 1 aromatic heterocycles. The molecule has 1 spiro atoms. The van der Waals surface area contributed by atoms with Crippen molar-refractivity contribution in [2.45, 2.75) is 12.0 Å². The van der Waals surface area contributed by atoms with Crippen molar-refractivity contribution in [3.8, 4) is 0 Å². The Bertz CT molecular complexity index is 691. The van der Waals surface area contributed by atoms with E-state index in [1.54, 1.807) is 0 Å². The van der Waals surface area contributed by atoms with Gasteiger partial charge in [-0.2, -0.15) is 0 Å². The van der Waals surface area contributed by atoms with Gasteiger partial charge in [0.1, 0.15) is 18.0 Å². The van der Waals surface area contributed by atoms with Gasteiger partial charge in [0, 0.05) is 18.5 Å². The van der Waals surface area contributed by atoms with Gasteiger partial charge in [0.2, 0.25) is 5.91 Å². The summed E-state index contributed by atoms with van der Waals surface area (Å²) >= 11 is 0. The normalized spacial score (nSPS) is 25.5. The lowest BCUT2D eigenvalue weighted by molar-refractivity contribution is -0.141. The van der Waals surface area contributed by atoms with Gasteiger partial charge < -0.3 is 15.0 Å². The monoisotopic (exact) mass is 283 g/mol. The molecule has 2 aliphatic rings. The summed E-state index contributed by atoms with van der Waals surface area (Å²) in [5, 5.41) is 4.05. The number of ether oxygens (including phenoxy) is 1. The van der Waals surface area contributed by atoms with Crippen LogP contribution in [0, 0.1) is 0 Å². The number of nitrogens with one attached hydrogen (secondary N) is 1. The lowest BCUT2D eigenvalue weighted by Crippen LogP contribution is -2.53. The summed E-state index contributed by atoms with van der Waals surface area (Å²) in [5.41, 5.74) is 0.759. The highest BCUT2D eigenvalue weighted by Crippen LogP contribution is 2.30. The molecule has 2 fully saturated rings. The number of para-hydroxylation sites is 1. The second-order valence-corrected chi connectivity index (χ2v) is 5.78. The number of anilines is 1. The van der Waals surface area contributed by atoms with Crippen LogP contribution in [0.15, 0.2) is 36.4 Å². The molecular formula is C16H17N3O2. The number of morpholine rings is 1. The van der Waals surface area contributed by atoms with Gasteiger partial charge in [-0.05, 0) is 24.6 Å². The number of rotatable bonds is 1. The van der Waals surface area contributed by atoms with Crippen molar-refractivity contribution in [2.75, 3.05) is 31.1 Å². The summed E-state index contributed by atoms with van der Waals surface area (Å²) in [4.78, 5) is 18.2. The molecule has 2 aromatic rings. The van der Waals surface area contributed by atoms with E-state index in [2.05, 4.69) is 28.4 Å². The maximum absolute atomic E-state index is 11.2. The molecule has 1 unspecified atom stereocenters. The third-order valence-electron chi connectivity index (χ3n) is 4.34. The highest BCUT2D eigenvalue weighted by atomic mass is 16.5. The number of nitrogens with zero attached hydrogens (tertiary/aromatic N) is 2. The zero-order valence-electron chi connectivity index (χ0n) is 11.7. The van der Waals surface area contributed by atoms with E-state index in [0.29, 0.717) is 6.54 Å². The number of hydrogen-bond donors (Lipinski definition) is 1. The highest BCUT2D eigenvalue weighted by Gasteiger charge is 2.42. The van der Waals surface area contributed by atoms with Gasteiger partial charge in [0.25, 0.3) is 0 Å². The molecule has 2 aliphatic heterocycles. The van der Waals surface area contributed by atoms with Crippen molar-refractivity contribution in [1.82, 2.24) is 10.3 Å². The van der Waals surface area contributed by atoms with Crippen molar-refractivity contribution >= 4 is 22.6 Å². The molecule has 108 valence electrons. The van der Waals surface area contributed by atoms with Crippen LogP contribution in [0.5, 0.6) is 0 Å². The lowest BCUT2D eigenvalue weighted by atomic mass is 10.0. The Labute approximate surface area is 122 Å². The van der Waals surface area contributed by atoms with Crippen LogP contribution in [0.1, 0.15) is 6.42 Å². The molecule has 5 heteroatoms. The second kappa shape index (κ2) is 4.70. The van der Waals surface area contributed by atoms with Gasteiger partial charge >= 0.3 is 0 Å². The summed E-state index contributed by atoms with van der Waals surface area (Å²) in [6, 6.07) is 12.3. The Balaban J connectivity index is 1.58. The minimum atomic E-state index is -0.249. The number of benzene rings is 1. The number of carbonyl (C=O) groups is 1. The molecule has 4 rings (SSSR count). The van der Waals surface area contributed by atoms with Crippen molar-refractivity contribution in [2.24, 2.45) is 0 Å². The molecule has 1 atom stereocenters. The minimum Gasteiger partial charge on any atom is -0.361 e. The average Bonchev–Trinajstić information content (AvgIpc) is 2.94. The molecule has 3 heterocycles. The van der Waals surface area contributed by atoms with E-state index >= 15 is 0 Å². The van der Waals surface area contributed by atoms with Crippen LogP contribution < -0.4 is 10.2 Å². The summed E-state index contributed by atoms with van der Waals surface area (Å²) in [6.45, 7) is 2.44. The van der Waals surface area contributed by atoms with Crippen molar-refractivity contribution in [1.29, 1.82) is 0 Å². The number of pyridine rings is 1. The van der Waals surface area contributed by atoms with Crippen molar-refractivity contribution < 1.29 is 9.53 Å². The predicted octanol–water partition coefficient (Wildman–Crippen LogP) is 1.33. The molecule has 5 nitrogen and oxygen atoms in total. The van der Waals surface area contributed by atoms with Gasteiger partial charge in [-0.3, -0.25) is 4.79 Å². The Hall–Kier alpha value is -2.14. The maximum Gasteiger partial charge on any atom is 0.246 e. The van der Waals surface area contributed by atoms with Crippen LogP contribution in [0.4, 0.5) is 5.82 Å². The molecular weight excluding hydrogens is 266 g/mol. The number of carbonyl (C=O) groups excluding carboxylic acids is 1. The zero-order valence-corrected chi connectivity index (χ0v) is 11.7. The van der Waals surface area contributed by atoms with Crippen LogP contribution in [0.2, 0.25) is 0 Å². The Morgan fingerprint density at radius 1 is 1.24 bits per heavy atom. The molecule has 0 radical (unpaired) electrons. The summed E-state index contributed by atoms with van der Waals surface area (Å²) in [7, 11) is 0. The fraction of sp³-hybridized carbons (Fsp3) is 0.375. The smallest absolute Gasteiger partial charge is 0.246 e. The van der Waals surface area contributed by atoms with E-state index in [-0.39, 0.29) is 18.1 Å². The largest absolute Gasteiger partial charge is 0.361 e. The van der Waals surface area contributed by atoms with Gasteiger partial charge in [0.15, 0.2) is 0 Å². The quantitative estimate of drug-likeness (QED) is 0.858. The molecule has 1 N–H and O–H groups in total. The van der Waals surface area contributed by atoms with Crippen LogP contribution in [-0.4, -0.2) is 42.7 Å². The number of fused-ring (bicyclic) bond motifs is 1. The fourth-order valence-corrected chi connectivity index (χ4v) is 3.11. The lowest BCUT2D eigenvalue weighted by Gasteiger charge is -2.33. The first kappa shape index (κ1) is 12.6. The van der Waals surface area contributed by atoms with Crippen molar-refractivity contribution in [3.05, 3.63) is 36.4 Å². The third kappa shape index (κ3) is 2.23. The second-order valence-electron chi connectivity index (χ2n) is 5.78. The van der Waals surface area contributed by atoms with Gasteiger partial charge in [-0.25, -0.2) is 4.98 Å². The Morgan fingerprint density at radius 3 is 3.00 bits per heavy atom. The molecule has 0 aliphatic carbocycles. The molecule has 1 amide bonds. The van der Waals surface area contributed by atoms with Crippen LogP contribution in [-0.2, 0) is 9.53 Å². The van der Waals surface area contributed by atoms with E-state index in [1.807, 2.05) is 18.2 Å². The molecule has 2 saturated heterocycles. The first-order valence-corrected chi connectivity index (χ1v) is 7.26. The van der Waals surface area contributed by atoms with E-state index in [1.165, 1.54) is 0 Å². The molecule has 1 aromatic carbocycles. The van der Waals surface area contributed by atoms with Gasteiger partial charge in [0.05, 0.1) is 12.1 Å². The highest BCUT2D eigenvalue weighted by molar-refractivity contribution is 5.80. The average molecular weight is 283 g/mol. The number of amides is 1. The topological polar surface area (TPSA) is 54.5 Å². The van der Waals surface area contributed by atoms with Gasteiger partial charge in [-0.1, -0.05) is 18.2 Å². The Morgan fingerprint density at radius 2 is 2.14 bits per heavy atom. The Kier molecular flexibility index (Phi) is 2.82. The zero-order chi connectivity index (χ0) is 14.3. The first-order chi connectivity index (χ1) is 10.2. The SMILES string of the molecule is O=C1COC2(CCN(c3ccc4ccccc4n3)C2)CN1. The predicted molar refractivity (Wildman–Crippen MR) is 80.3 cm³/mol. The summed E-state index contributed by atoms with van der Waals surface area (Å²) in [6.07, 6.45) is 0.918. The summed E-state index contributed by atoms with van der Waals surface area (Å²) in [5.74, 6) is 0.953. The van der Waals surface area contributed by atoms with E-state index in [4.69, 9.17) is 9.72 Å². The van der Waals surface area contributed by atoms with E-state index in [9.17, 15) is 4.79 Å². The minimum absolute atomic E-state index is 0.0251. The van der Waals surface area contributed by atoms with E-state index in [0.717, 1.165) is 36.2 Å². The fourth-order valence-electron chi connectivity index (χ4n) is 3.11. The van der Waals surface area contributed by atoms with Gasteiger partial charge in [-0.15, -0.1) is 0 Å². The maximum atomic E-state index is 11.2. The van der Waals surface area contributed by atoms with Crippen LogP contribution in [0.3, 0.4) is 0 Å².